The molecule has 0 aromatic heterocycles. The molecular formula is C24H29F5O4. The summed E-state index contributed by atoms with van der Waals surface area (Å²) < 4.78 is 87.6. The van der Waals surface area contributed by atoms with E-state index in [4.69, 9.17) is 14.2 Å². The first-order valence-electron chi connectivity index (χ1n) is 11.8. The van der Waals surface area contributed by atoms with Gasteiger partial charge in [-0.3, -0.25) is 0 Å². The molecule has 3 saturated carbocycles. The second-order valence-corrected chi connectivity index (χ2v) is 11.3. The summed E-state index contributed by atoms with van der Waals surface area (Å²) >= 11 is 0. The molecule has 2 aliphatic heterocycles. The highest BCUT2D eigenvalue weighted by molar-refractivity contribution is 5.44. The van der Waals surface area contributed by atoms with Gasteiger partial charge in [-0.25, -0.2) is 0 Å². The van der Waals surface area contributed by atoms with Crippen molar-refractivity contribution in [3.8, 4) is 0 Å². The molecule has 184 valence electrons. The highest BCUT2D eigenvalue weighted by Gasteiger charge is 2.82. The zero-order valence-electron chi connectivity index (χ0n) is 18.6. The topological polar surface area (TPSA) is 51.2 Å². The molecule has 0 amide bonds. The van der Waals surface area contributed by atoms with Gasteiger partial charge in [-0.05, 0) is 61.5 Å². The fourth-order valence-corrected chi connectivity index (χ4v) is 8.15. The number of aliphatic hydroxyl groups is 1. The fraction of sp³-hybridized carbons (Fsp3) is 0.833. The Balaban J connectivity index is 1.31. The van der Waals surface area contributed by atoms with E-state index in [0.717, 1.165) is 11.1 Å². The lowest BCUT2D eigenvalue weighted by atomic mass is 9.52. The summed E-state index contributed by atoms with van der Waals surface area (Å²) in [5.74, 6) is -6.49. The van der Waals surface area contributed by atoms with Crippen LogP contribution in [0, 0.1) is 17.3 Å². The lowest BCUT2D eigenvalue weighted by molar-refractivity contribution is -0.361. The van der Waals surface area contributed by atoms with Gasteiger partial charge >= 0.3 is 12.1 Å². The molecule has 0 aromatic carbocycles. The van der Waals surface area contributed by atoms with E-state index in [1.165, 1.54) is 6.92 Å². The monoisotopic (exact) mass is 476 g/mol. The number of rotatable bonds is 1. The maximum absolute atomic E-state index is 14.6. The van der Waals surface area contributed by atoms with E-state index in [1.807, 2.05) is 6.08 Å². The largest absolute Gasteiger partial charge is 0.456 e. The van der Waals surface area contributed by atoms with Crippen LogP contribution in [0.2, 0.25) is 0 Å². The van der Waals surface area contributed by atoms with Gasteiger partial charge in [0.05, 0.1) is 13.2 Å². The molecule has 0 aromatic rings. The number of halogens is 5. The van der Waals surface area contributed by atoms with E-state index >= 15 is 0 Å². The Labute approximate surface area is 189 Å². The molecule has 6 aliphatic rings. The number of hydrogen-bond donors (Lipinski definition) is 1. The van der Waals surface area contributed by atoms with Gasteiger partial charge in [0.25, 0.3) is 0 Å². The van der Waals surface area contributed by atoms with Gasteiger partial charge in [0, 0.05) is 18.3 Å². The molecule has 2 heterocycles. The van der Waals surface area contributed by atoms with Crippen molar-refractivity contribution < 1.29 is 41.3 Å². The Morgan fingerprint density at radius 3 is 2.39 bits per heavy atom. The highest BCUT2D eigenvalue weighted by Crippen LogP contribution is 2.75. The van der Waals surface area contributed by atoms with Crippen LogP contribution in [0.5, 0.6) is 0 Å². The molecule has 9 heteroatoms. The smallest absolute Gasteiger partial charge is 0.383 e. The van der Waals surface area contributed by atoms with Crippen LogP contribution in [0.3, 0.4) is 0 Å². The van der Waals surface area contributed by atoms with E-state index < -0.39 is 52.4 Å². The van der Waals surface area contributed by atoms with Crippen molar-refractivity contribution in [2.75, 3.05) is 13.2 Å². The molecule has 0 unspecified atom stereocenters. The number of fused-ring (bicyclic) bond motifs is 3. The number of ether oxygens (including phenoxy) is 3. The standard InChI is InChI=1S/C24H29F5O4/c1-14-11-31-20(32-12-14)9-10-21-17-4-6-18(2)16(15(17)3-7-19(21,13-20)33-21)5-8-22(18,30)23(25,26)24(27,28)29/h4,15-16,30H,1,3,5-13H2,2H3/t15-,16-,18-,19+,21+,22-/m0/s1. The van der Waals surface area contributed by atoms with E-state index in [0.29, 0.717) is 45.3 Å². The molecular weight excluding hydrogens is 447 g/mol. The Morgan fingerprint density at radius 1 is 1.03 bits per heavy atom. The average molecular weight is 476 g/mol. The van der Waals surface area contributed by atoms with E-state index in [9.17, 15) is 27.1 Å². The summed E-state index contributed by atoms with van der Waals surface area (Å²) in [5, 5.41) is 10.9. The van der Waals surface area contributed by atoms with Crippen molar-refractivity contribution in [2.45, 2.75) is 93.0 Å². The molecule has 5 fully saturated rings. The Kier molecular flexibility index (Phi) is 4.22. The van der Waals surface area contributed by atoms with E-state index in [1.54, 1.807) is 0 Å². The van der Waals surface area contributed by atoms with E-state index in [2.05, 4.69) is 6.58 Å². The van der Waals surface area contributed by atoms with Gasteiger partial charge in [0.1, 0.15) is 16.8 Å². The lowest BCUT2D eigenvalue weighted by Crippen LogP contribution is -2.65. The van der Waals surface area contributed by atoms with Crippen LogP contribution in [-0.2, 0) is 14.2 Å². The van der Waals surface area contributed by atoms with Crippen molar-refractivity contribution in [1.82, 2.24) is 0 Å². The maximum atomic E-state index is 14.6. The van der Waals surface area contributed by atoms with Crippen LogP contribution in [-0.4, -0.2) is 53.0 Å². The van der Waals surface area contributed by atoms with Gasteiger partial charge in [-0.1, -0.05) is 19.6 Å². The first kappa shape index (κ1) is 22.4. The summed E-state index contributed by atoms with van der Waals surface area (Å²) in [6, 6.07) is 0. The zero-order valence-corrected chi connectivity index (χ0v) is 18.6. The summed E-state index contributed by atoms with van der Waals surface area (Å²) in [6.45, 7) is 6.21. The minimum Gasteiger partial charge on any atom is -0.383 e. The third-order valence-corrected chi connectivity index (χ3v) is 9.97. The third-order valence-electron chi connectivity index (χ3n) is 9.97. The summed E-state index contributed by atoms with van der Waals surface area (Å²) in [4.78, 5) is 0. The van der Waals surface area contributed by atoms with Gasteiger partial charge in [-0.15, -0.1) is 0 Å². The molecule has 4 nitrogen and oxygen atoms in total. The Bertz CT molecular complexity index is 936. The summed E-state index contributed by atoms with van der Waals surface area (Å²) in [6.07, 6.45) is -1.26. The quantitative estimate of drug-likeness (QED) is 0.327. The van der Waals surface area contributed by atoms with Crippen LogP contribution < -0.4 is 0 Å². The Morgan fingerprint density at radius 2 is 1.73 bits per heavy atom. The molecule has 1 spiro atoms. The second-order valence-electron chi connectivity index (χ2n) is 11.3. The predicted octanol–water partition coefficient (Wildman–Crippen LogP) is 5.06. The van der Waals surface area contributed by atoms with Crippen molar-refractivity contribution in [1.29, 1.82) is 0 Å². The number of epoxide rings is 1. The van der Waals surface area contributed by atoms with Crippen LogP contribution in [0.25, 0.3) is 0 Å². The minimum atomic E-state index is -5.80. The van der Waals surface area contributed by atoms with Crippen molar-refractivity contribution in [2.24, 2.45) is 17.3 Å². The summed E-state index contributed by atoms with van der Waals surface area (Å²) in [5.41, 5.74) is -3.72. The van der Waals surface area contributed by atoms with Crippen LogP contribution in [0.15, 0.2) is 23.8 Å². The van der Waals surface area contributed by atoms with Gasteiger partial charge < -0.3 is 19.3 Å². The average Bonchev–Trinajstić information content (AvgIpc) is 3.34. The first-order valence-corrected chi connectivity index (χ1v) is 11.8. The van der Waals surface area contributed by atoms with Crippen molar-refractivity contribution in [3.63, 3.8) is 0 Å². The van der Waals surface area contributed by atoms with Crippen LogP contribution >= 0.6 is 0 Å². The fourth-order valence-electron chi connectivity index (χ4n) is 8.15. The number of allylic oxidation sites excluding steroid dienone is 1. The molecule has 6 atom stereocenters. The van der Waals surface area contributed by atoms with Gasteiger partial charge in [-0.2, -0.15) is 22.0 Å². The Hall–Kier alpha value is -1.03. The van der Waals surface area contributed by atoms with Gasteiger partial charge in [0.2, 0.25) is 0 Å². The molecule has 6 rings (SSSR count). The highest BCUT2D eigenvalue weighted by atomic mass is 19.4. The number of hydrogen-bond acceptors (Lipinski definition) is 4. The molecule has 1 N–H and O–H groups in total. The maximum Gasteiger partial charge on any atom is 0.456 e. The number of alkyl halides is 5. The first-order chi connectivity index (χ1) is 15.3. The SMILES string of the molecule is C=C1COC2(CC[C@]34O[C@]3(CC[C@@H]3C4=CC[C@@]4(C)[C@H]3CC[C@@]4(O)C(F)(F)C(F)(F)F)C2)OC1. The molecule has 0 bridgehead atoms. The molecule has 0 radical (unpaired) electrons. The van der Waals surface area contributed by atoms with Crippen LogP contribution in [0.4, 0.5) is 22.0 Å². The molecule has 33 heavy (non-hydrogen) atoms. The minimum absolute atomic E-state index is 0.0230. The summed E-state index contributed by atoms with van der Waals surface area (Å²) in [7, 11) is 0. The normalized spacial score (nSPS) is 48.5. The third kappa shape index (κ3) is 2.50. The second kappa shape index (κ2) is 6.20. The van der Waals surface area contributed by atoms with E-state index in [-0.39, 0.29) is 18.8 Å². The zero-order chi connectivity index (χ0) is 23.7. The molecule has 4 aliphatic carbocycles. The predicted molar refractivity (Wildman–Crippen MR) is 106 cm³/mol. The van der Waals surface area contributed by atoms with Crippen molar-refractivity contribution >= 4 is 0 Å². The van der Waals surface area contributed by atoms with Crippen LogP contribution in [0.1, 0.15) is 58.3 Å². The molecule has 2 saturated heterocycles. The lowest BCUT2D eigenvalue weighted by Gasteiger charge is -2.54. The van der Waals surface area contributed by atoms with Crippen molar-refractivity contribution in [3.05, 3.63) is 23.8 Å². The van der Waals surface area contributed by atoms with Gasteiger partial charge in [0.15, 0.2) is 5.79 Å².